The van der Waals surface area contributed by atoms with Gasteiger partial charge in [0, 0.05) is 25.2 Å². The van der Waals surface area contributed by atoms with E-state index in [1.54, 1.807) is 6.92 Å². The molecule has 0 saturated carbocycles. The molecule has 250 valence electrons. The van der Waals surface area contributed by atoms with Gasteiger partial charge in [-0.1, -0.05) is 61.5 Å². The molecule has 0 aliphatic heterocycles. The van der Waals surface area contributed by atoms with Gasteiger partial charge in [0.25, 0.3) is 0 Å². The Hall–Kier alpha value is -2.98. The zero-order chi connectivity index (χ0) is 32.9. The Bertz CT molecular complexity index is 860. The lowest BCUT2D eigenvalue weighted by Crippen LogP contribution is -2.33. The van der Waals surface area contributed by atoms with E-state index in [1.165, 1.54) is 6.42 Å². The highest BCUT2D eigenvalue weighted by molar-refractivity contribution is 5.86. The Morgan fingerprint density at radius 1 is 0.674 bits per heavy atom. The number of hydrogen-bond donors (Lipinski definition) is 3. The monoisotopic (exact) mass is 613 g/mol. The first-order valence-electron chi connectivity index (χ1n) is 15.6. The van der Waals surface area contributed by atoms with Gasteiger partial charge in [-0.15, -0.1) is 0 Å². The molecule has 0 saturated heterocycles. The number of hydrogen-bond acceptors (Lipinski definition) is 8. The summed E-state index contributed by atoms with van der Waals surface area (Å²) in [6.07, 6.45) is 4.68. The molecule has 2 atom stereocenters. The molecule has 43 heavy (non-hydrogen) atoms. The highest BCUT2D eigenvalue weighted by Crippen LogP contribution is 2.30. The van der Waals surface area contributed by atoms with Crippen molar-refractivity contribution < 1.29 is 38.1 Å². The minimum absolute atomic E-state index is 0.0258. The predicted molar refractivity (Wildman–Crippen MR) is 168 cm³/mol. The summed E-state index contributed by atoms with van der Waals surface area (Å²) in [7, 11) is 0. The Morgan fingerprint density at radius 3 is 1.56 bits per heavy atom. The summed E-state index contributed by atoms with van der Waals surface area (Å²) < 4.78 is 20.3. The van der Waals surface area contributed by atoms with Gasteiger partial charge >= 0.3 is 24.2 Å². The normalized spacial score (nSPS) is 12.8. The van der Waals surface area contributed by atoms with E-state index in [4.69, 9.17) is 18.9 Å². The summed E-state index contributed by atoms with van der Waals surface area (Å²) in [4.78, 5) is 47.1. The van der Waals surface area contributed by atoms with Gasteiger partial charge in [-0.05, 0) is 68.1 Å². The fourth-order valence-electron chi connectivity index (χ4n) is 5.01. The zero-order valence-electron chi connectivity index (χ0n) is 28.0. The van der Waals surface area contributed by atoms with Gasteiger partial charge < -0.3 is 34.9 Å². The maximum Gasteiger partial charge on any atom is 0.407 e. The van der Waals surface area contributed by atoms with Crippen molar-refractivity contribution in [3.8, 4) is 0 Å². The average Bonchev–Trinajstić information content (AvgIpc) is 2.89. The van der Waals surface area contributed by atoms with Crippen LogP contribution >= 0.6 is 0 Å². The standard InChI is InChI=1S/C32H59N3O8/c1-10-13-31(6,7)20-25(4)22-34-29(38)42-17-12-11-16-41-28(37)33-15-14-32(8,9)21-26(5)23-35-30(39)43-19-18-40-27(36)24(2)3/h25-26H,2,10-23H2,1,3-9H3,(H,33,37)(H,34,38)(H,35,39). The second-order valence-corrected chi connectivity index (χ2v) is 13.2. The molecule has 0 bridgehead atoms. The van der Waals surface area contributed by atoms with Crippen LogP contribution in [-0.2, 0) is 23.7 Å². The second-order valence-electron chi connectivity index (χ2n) is 13.2. The van der Waals surface area contributed by atoms with E-state index in [0.29, 0.717) is 38.4 Å². The maximum absolute atomic E-state index is 12.0. The summed E-state index contributed by atoms with van der Waals surface area (Å²) in [5.74, 6) is 0.0382. The molecule has 0 aromatic rings. The summed E-state index contributed by atoms with van der Waals surface area (Å²) in [5.41, 5.74) is 0.483. The van der Waals surface area contributed by atoms with Gasteiger partial charge in [0.1, 0.15) is 13.2 Å². The molecule has 3 amide bonds. The Morgan fingerprint density at radius 2 is 1.09 bits per heavy atom. The quantitative estimate of drug-likeness (QED) is 0.0554. The van der Waals surface area contributed by atoms with E-state index in [0.717, 1.165) is 25.7 Å². The van der Waals surface area contributed by atoms with Crippen LogP contribution < -0.4 is 16.0 Å². The molecule has 0 aromatic heterocycles. The molecule has 2 unspecified atom stereocenters. The van der Waals surface area contributed by atoms with E-state index >= 15 is 0 Å². The number of alkyl carbamates (subject to hydrolysis) is 3. The fraction of sp³-hybridized carbons (Fsp3) is 0.812. The molecule has 3 N–H and O–H groups in total. The van der Waals surface area contributed by atoms with Crippen molar-refractivity contribution in [3.63, 3.8) is 0 Å². The van der Waals surface area contributed by atoms with Crippen molar-refractivity contribution in [2.75, 3.05) is 46.1 Å². The first-order chi connectivity index (χ1) is 20.1. The number of ether oxygens (including phenoxy) is 4. The first-order valence-corrected chi connectivity index (χ1v) is 15.6. The zero-order valence-corrected chi connectivity index (χ0v) is 28.0. The highest BCUT2D eigenvalue weighted by Gasteiger charge is 2.22. The van der Waals surface area contributed by atoms with E-state index in [1.807, 2.05) is 6.92 Å². The number of carbonyl (C=O) groups excluding carboxylic acids is 4. The number of rotatable bonds is 22. The molecule has 11 heteroatoms. The van der Waals surface area contributed by atoms with Crippen molar-refractivity contribution >= 4 is 24.2 Å². The molecular weight excluding hydrogens is 554 g/mol. The summed E-state index contributed by atoms with van der Waals surface area (Å²) in [6.45, 7) is 22.1. The molecule has 0 aromatic carbocycles. The van der Waals surface area contributed by atoms with Crippen LogP contribution in [0.5, 0.6) is 0 Å². The van der Waals surface area contributed by atoms with Crippen LogP contribution in [0.3, 0.4) is 0 Å². The van der Waals surface area contributed by atoms with Crippen molar-refractivity contribution in [2.24, 2.45) is 22.7 Å². The van der Waals surface area contributed by atoms with Crippen LogP contribution in [0.2, 0.25) is 0 Å². The predicted octanol–water partition coefficient (Wildman–Crippen LogP) is 6.36. The van der Waals surface area contributed by atoms with Crippen LogP contribution in [0.25, 0.3) is 0 Å². The number of amides is 3. The summed E-state index contributed by atoms with van der Waals surface area (Å²) >= 11 is 0. The number of esters is 1. The summed E-state index contributed by atoms with van der Waals surface area (Å²) in [5, 5.41) is 8.33. The van der Waals surface area contributed by atoms with Crippen LogP contribution in [-0.4, -0.2) is 70.3 Å². The Kier molecular flexibility index (Phi) is 20.2. The highest BCUT2D eigenvalue weighted by atomic mass is 16.6. The SMILES string of the molecule is C=C(C)C(=O)OCCOC(=O)NCC(C)CC(C)(C)CCNC(=O)OCCCCOC(=O)NCC(C)CC(C)(C)CCC. The van der Waals surface area contributed by atoms with Gasteiger partial charge in [-0.3, -0.25) is 0 Å². The maximum atomic E-state index is 12.0. The number of carbonyl (C=O) groups is 4. The lowest BCUT2D eigenvalue weighted by Gasteiger charge is -2.28. The minimum Gasteiger partial charge on any atom is -0.459 e. The molecule has 0 rings (SSSR count). The average molecular weight is 614 g/mol. The van der Waals surface area contributed by atoms with E-state index in [9.17, 15) is 19.2 Å². The van der Waals surface area contributed by atoms with Crippen LogP contribution in [0, 0.1) is 22.7 Å². The first kappa shape index (κ1) is 40.0. The Labute approximate surface area is 259 Å². The van der Waals surface area contributed by atoms with Gasteiger partial charge in [0.2, 0.25) is 0 Å². The van der Waals surface area contributed by atoms with Gasteiger partial charge in [0.05, 0.1) is 13.2 Å². The van der Waals surface area contributed by atoms with Gasteiger partial charge in [0.15, 0.2) is 0 Å². The van der Waals surface area contributed by atoms with Crippen LogP contribution in [0.4, 0.5) is 14.4 Å². The van der Waals surface area contributed by atoms with Crippen LogP contribution in [0.1, 0.15) is 100 Å². The molecule has 11 nitrogen and oxygen atoms in total. The van der Waals surface area contributed by atoms with Crippen molar-refractivity contribution in [1.29, 1.82) is 0 Å². The minimum atomic E-state index is -0.567. The van der Waals surface area contributed by atoms with Crippen molar-refractivity contribution in [1.82, 2.24) is 16.0 Å². The molecule has 0 radical (unpaired) electrons. The van der Waals surface area contributed by atoms with Crippen LogP contribution in [0.15, 0.2) is 12.2 Å². The lowest BCUT2D eigenvalue weighted by atomic mass is 9.80. The molecule has 0 spiro atoms. The van der Waals surface area contributed by atoms with Gasteiger partial charge in [-0.2, -0.15) is 0 Å². The molecule has 0 heterocycles. The van der Waals surface area contributed by atoms with Crippen molar-refractivity contribution in [3.05, 3.63) is 12.2 Å². The number of unbranched alkanes of at least 4 members (excludes halogenated alkanes) is 1. The topological polar surface area (TPSA) is 141 Å². The van der Waals surface area contributed by atoms with E-state index in [2.05, 4.69) is 64.1 Å². The second kappa shape index (κ2) is 21.7. The van der Waals surface area contributed by atoms with Gasteiger partial charge in [-0.25, -0.2) is 19.2 Å². The number of nitrogens with one attached hydrogen (secondary N) is 3. The molecule has 0 fully saturated rings. The third-order valence-electron chi connectivity index (χ3n) is 6.89. The Balaban J connectivity index is 3.91. The fourth-order valence-corrected chi connectivity index (χ4v) is 5.01. The summed E-state index contributed by atoms with van der Waals surface area (Å²) in [6, 6.07) is 0. The molecular formula is C32H59N3O8. The third kappa shape index (κ3) is 23.2. The van der Waals surface area contributed by atoms with Crippen molar-refractivity contribution in [2.45, 2.75) is 100 Å². The van der Waals surface area contributed by atoms with E-state index < -0.39 is 24.2 Å². The lowest BCUT2D eigenvalue weighted by molar-refractivity contribution is -0.139. The molecule has 0 aliphatic carbocycles. The largest absolute Gasteiger partial charge is 0.459 e. The smallest absolute Gasteiger partial charge is 0.407 e. The van der Waals surface area contributed by atoms with E-state index in [-0.39, 0.29) is 48.7 Å². The third-order valence-corrected chi connectivity index (χ3v) is 6.89. The molecule has 0 aliphatic rings.